The minimum Gasteiger partial charge on any atom is -0.744 e. The molecule has 0 saturated heterocycles. The van der Waals surface area contributed by atoms with E-state index >= 15 is 0 Å². The minimum absolute atomic E-state index is 0. The van der Waals surface area contributed by atoms with Crippen LogP contribution in [0.15, 0.2) is 127 Å². The molecule has 0 amide bonds. The molecule has 288 valence electrons. The van der Waals surface area contributed by atoms with E-state index < -0.39 is 51.4 Å². The van der Waals surface area contributed by atoms with Crippen LogP contribution in [0.25, 0.3) is 21.5 Å². The number of hydrogen-bond acceptors (Lipinski definition) is 16. The number of benzene rings is 6. The summed E-state index contributed by atoms with van der Waals surface area (Å²) < 4.78 is 68.8. The molecule has 0 aliphatic heterocycles. The third-order valence-electron chi connectivity index (χ3n) is 8.28. The molecule has 0 radical (unpaired) electrons. The number of phenols is 2. The second-order valence-electron chi connectivity index (χ2n) is 11.7. The number of nitro benzene ring substituents is 2. The zero-order valence-electron chi connectivity index (χ0n) is 29.8. The van der Waals surface area contributed by atoms with Crippen molar-refractivity contribution < 1.29 is 46.0 Å². The first-order valence-corrected chi connectivity index (χ1v) is 19.1. The van der Waals surface area contributed by atoms with Gasteiger partial charge in [0.1, 0.15) is 31.6 Å². The van der Waals surface area contributed by atoms with Crippen LogP contribution in [0.2, 0.25) is 0 Å². The fourth-order valence-corrected chi connectivity index (χ4v) is 6.72. The van der Waals surface area contributed by atoms with Gasteiger partial charge in [-0.3, -0.25) is 20.2 Å². The molecule has 6 aromatic carbocycles. The van der Waals surface area contributed by atoms with Crippen molar-refractivity contribution in [2.24, 2.45) is 20.5 Å². The largest absolute Gasteiger partial charge is 2.00 e. The second kappa shape index (κ2) is 18.2. The Labute approximate surface area is 354 Å². The Morgan fingerprint density at radius 1 is 0.561 bits per heavy atom. The molecule has 0 aromatic heterocycles. The van der Waals surface area contributed by atoms with Gasteiger partial charge in [0.2, 0.25) is 0 Å². The van der Waals surface area contributed by atoms with E-state index in [2.05, 4.69) is 20.5 Å². The maximum atomic E-state index is 11.5. The van der Waals surface area contributed by atoms with Crippen LogP contribution in [0.1, 0.15) is 25.0 Å². The Morgan fingerprint density at radius 2 is 0.912 bits per heavy atom. The number of aromatic hydroxyl groups is 2. The molecule has 0 aliphatic rings. The SMILES string of the molecule is CCc1cc([N+](=O)[O-])ccc1N=Nc1c(O)c(S(=O)(=O)[O-])cc2ccccc12.CCc1cc([N+](=O)[O-])ccc1N=Nc1c(O)c(S(=O)(=O)[O-])cc2ccccc12.[Ca+2]. The van der Waals surface area contributed by atoms with Crippen LogP contribution in [0.3, 0.4) is 0 Å². The predicted octanol–water partition coefficient (Wildman–Crippen LogP) is 8.29. The average molecular weight is 841 g/mol. The van der Waals surface area contributed by atoms with E-state index in [0.717, 1.165) is 12.1 Å². The van der Waals surface area contributed by atoms with E-state index in [-0.39, 0.29) is 60.5 Å². The maximum absolute atomic E-state index is 11.5. The van der Waals surface area contributed by atoms with Crippen LogP contribution in [0, 0.1) is 20.2 Å². The molecule has 0 bridgehead atoms. The van der Waals surface area contributed by atoms with Crippen molar-refractivity contribution in [3.8, 4) is 11.5 Å². The van der Waals surface area contributed by atoms with Gasteiger partial charge in [-0.25, -0.2) is 16.8 Å². The number of azo groups is 2. The number of hydrogen-bond donors (Lipinski definition) is 2. The van der Waals surface area contributed by atoms with Crippen molar-refractivity contribution in [3.63, 3.8) is 0 Å². The smallest absolute Gasteiger partial charge is 0.744 e. The fourth-order valence-electron chi connectivity index (χ4n) is 5.51. The standard InChI is InChI=1S/2C18H15N3O6S.Ca/c2*1-2-11-9-13(21(23)24)7-8-15(11)19-20-17-14-6-4-3-5-12(14)10-16(18(17)22)28(25,26)27;/h2*3-10,22H,2H2,1H3,(H,25,26,27);/q;;+2/p-2. The van der Waals surface area contributed by atoms with Gasteiger partial charge in [-0.1, -0.05) is 62.4 Å². The second-order valence-corrected chi connectivity index (χ2v) is 14.4. The summed E-state index contributed by atoms with van der Waals surface area (Å²) in [6.07, 6.45) is 0.884. The molecule has 18 nitrogen and oxygen atoms in total. The van der Waals surface area contributed by atoms with Crippen LogP contribution < -0.4 is 0 Å². The summed E-state index contributed by atoms with van der Waals surface area (Å²) in [5.41, 5.74) is 1.22. The number of aryl methyl sites for hydroxylation is 2. The van der Waals surface area contributed by atoms with Gasteiger partial charge in [0.05, 0.1) is 31.0 Å². The topological polar surface area (TPSA) is 291 Å². The van der Waals surface area contributed by atoms with Crippen molar-refractivity contribution >= 4 is 114 Å². The van der Waals surface area contributed by atoms with E-state index in [0.29, 0.717) is 56.9 Å². The van der Waals surface area contributed by atoms with Crippen molar-refractivity contribution in [2.45, 2.75) is 36.5 Å². The summed E-state index contributed by atoms with van der Waals surface area (Å²) in [6, 6.07) is 23.2. The molecule has 0 unspecified atom stereocenters. The molecular weight excluding hydrogens is 813 g/mol. The molecule has 0 heterocycles. The van der Waals surface area contributed by atoms with Crippen molar-refractivity contribution in [2.75, 3.05) is 0 Å². The summed E-state index contributed by atoms with van der Waals surface area (Å²) in [6.45, 7) is 3.57. The normalized spacial score (nSPS) is 11.7. The van der Waals surface area contributed by atoms with E-state index in [1.165, 1.54) is 36.4 Å². The summed E-state index contributed by atoms with van der Waals surface area (Å²) in [4.78, 5) is 19.2. The Bertz CT molecular complexity index is 2640. The van der Waals surface area contributed by atoms with Gasteiger partial charge in [0.15, 0.2) is 11.5 Å². The zero-order valence-corrected chi connectivity index (χ0v) is 33.7. The summed E-state index contributed by atoms with van der Waals surface area (Å²) >= 11 is 0. The molecular formula is C36H28CaN6O12S2. The van der Waals surface area contributed by atoms with Crippen LogP contribution in [-0.2, 0) is 33.1 Å². The van der Waals surface area contributed by atoms with Crippen LogP contribution in [-0.4, -0.2) is 83.7 Å². The summed E-state index contributed by atoms with van der Waals surface area (Å²) in [5, 5.41) is 60.0. The maximum Gasteiger partial charge on any atom is 2.00 e. The quantitative estimate of drug-likeness (QED) is 0.0433. The first kappa shape index (κ1) is 44.2. The fraction of sp³-hybridized carbons (Fsp3) is 0.111. The van der Waals surface area contributed by atoms with Crippen molar-refractivity contribution in [1.29, 1.82) is 0 Å². The first-order valence-electron chi connectivity index (χ1n) is 16.2. The van der Waals surface area contributed by atoms with Crippen LogP contribution in [0.4, 0.5) is 34.1 Å². The molecule has 6 rings (SSSR count). The molecule has 0 fully saturated rings. The molecule has 0 atom stereocenters. The molecule has 21 heteroatoms. The Kier molecular flexibility index (Phi) is 14.1. The zero-order chi connectivity index (χ0) is 40.9. The molecule has 0 saturated carbocycles. The number of fused-ring (bicyclic) bond motifs is 2. The Balaban J connectivity index is 0.000000248. The van der Waals surface area contributed by atoms with Crippen LogP contribution >= 0.6 is 0 Å². The van der Waals surface area contributed by atoms with Crippen molar-refractivity contribution in [1.82, 2.24) is 0 Å². The molecule has 0 spiro atoms. The number of nitrogens with zero attached hydrogens (tertiary/aromatic N) is 6. The average Bonchev–Trinajstić information content (AvgIpc) is 3.16. The number of rotatable bonds is 10. The molecule has 2 N–H and O–H groups in total. The van der Waals surface area contributed by atoms with E-state index in [1.54, 1.807) is 62.4 Å². The van der Waals surface area contributed by atoms with Gasteiger partial charge in [0.25, 0.3) is 11.4 Å². The number of phenolic OH excluding ortho intramolecular Hbond substituents is 2. The van der Waals surface area contributed by atoms with E-state index in [4.69, 9.17) is 0 Å². The molecule has 6 aromatic rings. The summed E-state index contributed by atoms with van der Waals surface area (Å²) in [5.74, 6) is -1.59. The number of non-ortho nitro benzene ring substituents is 2. The van der Waals surface area contributed by atoms with Crippen molar-refractivity contribution in [3.05, 3.63) is 128 Å². The first-order chi connectivity index (χ1) is 26.4. The van der Waals surface area contributed by atoms with Gasteiger partial charge >= 0.3 is 37.7 Å². The van der Waals surface area contributed by atoms with Crippen LogP contribution in [0.5, 0.6) is 11.5 Å². The monoisotopic (exact) mass is 840 g/mol. The van der Waals surface area contributed by atoms with Gasteiger partial charge in [-0.2, -0.15) is 10.2 Å². The predicted molar refractivity (Wildman–Crippen MR) is 206 cm³/mol. The number of nitro groups is 2. The van der Waals surface area contributed by atoms with Gasteiger partial charge in [-0.15, -0.1) is 10.2 Å². The van der Waals surface area contributed by atoms with Gasteiger partial charge in [-0.05, 0) is 59.0 Å². The molecule has 57 heavy (non-hydrogen) atoms. The molecule has 0 aliphatic carbocycles. The van der Waals surface area contributed by atoms with E-state index in [1.807, 2.05) is 0 Å². The third-order valence-corrected chi connectivity index (χ3v) is 9.98. The van der Waals surface area contributed by atoms with Gasteiger partial charge in [0, 0.05) is 35.0 Å². The Hall–Kier alpha value is -5.48. The van der Waals surface area contributed by atoms with Gasteiger partial charge < -0.3 is 19.3 Å². The summed E-state index contributed by atoms with van der Waals surface area (Å²) in [7, 11) is -9.87. The Morgan fingerprint density at radius 3 is 1.23 bits per heavy atom. The van der Waals surface area contributed by atoms with E-state index in [9.17, 15) is 56.4 Å². The third kappa shape index (κ3) is 10.1. The minimum atomic E-state index is -4.94.